The van der Waals surface area contributed by atoms with E-state index in [0.29, 0.717) is 17.5 Å². The first-order valence-corrected chi connectivity index (χ1v) is 10.9. The Balaban J connectivity index is 1.91. The summed E-state index contributed by atoms with van der Waals surface area (Å²) in [7, 11) is 0. The van der Waals surface area contributed by atoms with Crippen LogP contribution in [0.25, 0.3) is 0 Å². The molecule has 0 saturated carbocycles. The molecular formula is C24H28Cl2O2. The Kier molecular flexibility index (Phi) is 9.73. The van der Waals surface area contributed by atoms with Crippen molar-refractivity contribution in [1.82, 2.24) is 0 Å². The van der Waals surface area contributed by atoms with E-state index in [4.69, 9.17) is 23.2 Å². The molecule has 0 N–H and O–H groups in total. The maximum absolute atomic E-state index is 12.7. The molecule has 4 heteroatoms. The van der Waals surface area contributed by atoms with Crippen LogP contribution in [0.4, 0.5) is 0 Å². The molecule has 0 radical (unpaired) electrons. The second-order valence-electron chi connectivity index (χ2n) is 7.16. The van der Waals surface area contributed by atoms with Crippen LogP contribution >= 0.6 is 23.2 Å². The SMILES string of the molecule is CCCCCCCCCCC(=O)c1cc(Cl)c(C(=O)c2ccccc2)c(Cl)c1. The quantitative estimate of drug-likeness (QED) is 0.258. The number of rotatable bonds is 12. The number of hydrogen-bond acceptors (Lipinski definition) is 2. The summed E-state index contributed by atoms with van der Waals surface area (Å²) in [4.78, 5) is 25.1. The molecule has 0 saturated heterocycles. The average Bonchev–Trinajstić information content (AvgIpc) is 2.69. The summed E-state index contributed by atoms with van der Waals surface area (Å²) in [6, 6.07) is 12.0. The number of benzene rings is 2. The maximum Gasteiger partial charge on any atom is 0.196 e. The van der Waals surface area contributed by atoms with E-state index in [1.165, 1.54) is 38.5 Å². The minimum atomic E-state index is -0.238. The zero-order valence-corrected chi connectivity index (χ0v) is 18.0. The molecule has 0 spiro atoms. The molecule has 0 amide bonds. The van der Waals surface area contributed by atoms with E-state index in [1.807, 2.05) is 6.07 Å². The van der Waals surface area contributed by atoms with Crippen LogP contribution in [-0.4, -0.2) is 11.6 Å². The summed E-state index contributed by atoms with van der Waals surface area (Å²) in [6.45, 7) is 2.22. The van der Waals surface area contributed by atoms with Crippen molar-refractivity contribution in [1.29, 1.82) is 0 Å². The summed E-state index contributed by atoms with van der Waals surface area (Å²) >= 11 is 12.6. The van der Waals surface area contributed by atoms with Crippen molar-refractivity contribution in [3.05, 3.63) is 69.2 Å². The molecule has 2 aromatic rings. The zero-order valence-electron chi connectivity index (χ0n) is 16.5. The number of halogens is 2. The van der Waals surface area contributed by atoms with Gasteiger partial charge in [-0.3, -0.25) is 9.59 Å². The molecule has 0 atom stereocenters. The van der Waals surface area contributed by atoms with Gasteiger partial charge in [0.25, 0.3) is 0 Å². The van der Waals surface area contributed by atoms with Crippen LogP contribution in [0.15, 0.2) is 42.5 Å². The molecule has 0 aliphatic heterocycles. The Morgan fingerprint density at radius 1 is 0.750 bits per heavy atom. The van der Waals surface area contributed by atoms with Crippen molar-refractivity contribution in [2.45, 2.75) is 64.7 Å². The van der Waals surface area contributed by atoms with Crippen molar-refractivity contribution in [3.63, 3.8) is 0 Å². The van der Waals surface area contributed by atoms with E-state index >= 15 is 0 Å². The Labute approximate surface area is 178 Å². The van der Waals surface area contributed by atoms with Gasteiger partial charge in [-0.1, -0.05) is 105 Å². The second kappa shape index (κ2) is 12.0. The van der Waals surface area contributed by atoms with Crippen molar-refractivity contribution in [2.75, 3.05) is 0 Å². The first kappa shape index (κ1) is 22.6. The number of ketones is 2. The van der Waals surface area contributed by atoms with Gasteiger partial charge in [-0.15, -0.1) is 0 Å². The number of carbonyl (C=O) groups is 2. The third kappa shape index (κ3) is 6.76. The number of unbranched alkanes of at least 4 members (excludes halogenated alkanes) is 7. The average molecular weight is 419 g/mol. The molecule has 0 aliphatic rings. The normalized spacial score (nSPS) is 10.8. The van der Waals surface area contributed by atoms with Gasteiger partial charge >= 0.3 is 0 Å². The van der Waals surface area contributed by atoms with Crippen LogP contribution in [0.2, 0.25) is 10.0 Å². The van der Waals surface area contributed by atoms with Crippen molar-refractivity contribution in [2.24, 2.45) is 0 Å². The van der Waals surface area contributed by atoms with E-state index in [0.717, 1.165) is 12.8 Å². The highest BCUT2D eigenvalue weighted by atomic mass is 35.5. The third-order valence-electron chi connectivity index (χ3n) is 4.88. The number of hydrogen-bond donors (Lipinski definition) is 0. The van der Waals surface area contributed by atoms with Gasteiger partial charge in [0, 0.05) is 17.5 Å². The topological polar surface area (TPSA) is 34.1 Å². The van der Waals surface area contributed by atoms with Crippen LogP contribution in [0.5, 0.6) is 0 Å². The van der Waals surface area contributed by atoms with Crippen molar-refractivity contribution in [3.8, 4) is 0 Å². The molecule has 2 rings (SSSR count). The summed E-state index contributed by atoms with van der Waals surface area (Å²) in [5.41, 5.74) is 1.24. The predicted molar refractivity (Wildman–Crippen MR) is 118 cm³/mol. The van der Waals surface area contributed by atoms with Gasteiger partial charge in [0.05, 0.1) is 15.6 Å². The fraction of sp³-hybridized carbons (Fsp3) is 0.417. The first-order valence-electron chi connectivity index (χ1n) is 10.2. The predicted octanol–water partition coefficient (Wildman–Crippen LogP) is 7.94. The molecule has 150 valence electrons. The van der Waals surface area contributed by atoms with Crippen LogP contribution < -0.4 is 0 Å². The molecule has 0 heterocycles. The molecule has 0 aliphatic carbocycles. The Hall–Kier alpha value is -1.64. The van der Waals surface area contributed by atoms with Gasteiger partial charge in [0.1, 0.15) is 0 Å². The highest BCUT2D eigenvalue weighted by Gasteiger charge is 2.19. The van der Waals surface area contributed by atoms with Gasteiger partial charge in [0.15, 0.2) is 11.6 Å². The molecule has 28 heavy (non-hydrogen) atoms. The lowest BCUT2D eigenvalue weighted by Gasteiger charge is -2.09. The van der Waals surface area contributed by atoms with E-state index < -0.39 is 0 Å². The van der Waals surface area contributed by atoms with E-state index in [1.54, 1.807) is 36.4 Å². The van der Waals surface area contributed by atoms with E-state index in [9.17, 15) is 9.59 Å². The lowest BCUT2D eigenvalue weighted by molar-refractivity contribution is 0.0977. The summed E-state index contributed by atoms with van der Waals surface area (Å²) < 4.78 is 0. The minimum absolute atomic E-state index is 0.0218. The third-order valence-corrected chi connectivity index (χ3v) is 5.48. The van der Waals surface area contributed by atoms with Gasteiger partial charge in [-0.05, 0) is 18.6 Å². The highest BCUT2D eigenvalue weighted by Crippen LogP contribution is 2.29. The maximum atomic E-state index is 12.7. The van der Waals surface area contributed by atoms with Crippen LogP contribution in [-0.2, 0) is 0 Å². The van der Waals surface area contributed by atoms with E-state index in [-0.39, 0.29) is 27.2 Å². The fourth-order valence-corrected chi connectivity index (χ4v) is 3.91. The molecule has 0 unspecified atom stereocenters. The van der Waals surface area contributed by atoms with Gasteiger partial charge in [-0.25, -0.2) is 0 Å². The van der Waals surface area contributed by atoms with Crippen LogP contribution in [0.3, 0.4) is 0 Å². The van der Waals surface area contributed by atoms with Crippen LogP contribution in [0.1, 0.15) is 91.0 Å². The summed E-state index contributed by atoms with van der Waals surface area (Å²) in [6.07, 6.45) is 9.97. The fourth-order valence-electron chi connectivity index (χ4n) is 3.25. The molecule has 2 nitrogen and oxygen atoms in total. The van der Waals surface area contributed by atoms with Gasteiger partial charge < -0.3 is 0 Å². The number of carbonyl (C=O) groups excluding carboxylic acids is 2. The smallest absolute Gasteiger partial charge is 0.196 e. The lowest BCUT2D eigenvalue weighted by Crippen LogP contribution is -2.06. The highest BCUT2D eigenvalue weighted by molar-refractivity contribution is 6.41. The van der Waals surface area contributed by atoms with Crippen molar-refractivity contribution >= 4 is 34.8 Å². The standard InChI is InChI=1S/C24H28Cl2O2/c1-2-3-4-5-6-7-8-12-15-22(27)19-16-20(25)23(21(26)17-19)24(28)18-13-10-9-11-14-18/h9-11,13-14,16-17H,2-8,12,15H2,1H3. The lowest BCUT2D eigenvalue weighted by atomic mass is 9.98. The van der Waals surface area contributed by atoms with Crippen LogP contribution in [0, 0.1) is 0 Å². The molecular weight excluding hydrogens is 391 g/mol. The first-order chi connectivity index (χ1) is 13.5. The van der Waals surface area contributed by atoms with Gasteiger partial charge in [0.2, 0.25) is 0 Å². The van der Waals surface area contributed by atoms with E-state index in [2.05, 4.69) is 6.92 Å². The minimum Gasteiger partial charge on any atom is -0.294 e. The Morgan fingerprint density at radius 3 is 1.86 bits per heavy atom. The summed E-state index contributed by atoms with van der Waals surface area (Å²) in [5.74, 6) is -0.217. The second-order valence-corrected chi connectivity index (χ2v) is 7.97. The summed E-state index contributed by atoms with van der Waals surface area (Å²) in [5, 5.41) is 0.446. The largest absolute Gasteiger partial charge is 0.294 e. The van der Waals surface area contributed by atoms with Gasteiger partial charge in [-0.2, -0.15) is 0 Å². The molecule has 0 aromatic heterocycles. The Bertz CT molecular complexity index is 761. The molecule has 0 fully saturated rings. The molecule has 0 bridgehead atoms. The van der Waals surface area contributed by atoms with Crippen molar-refractivity contribution < 1.29 is 9.59 Å². The number of Topliss-reactive ketones (excluding diaryl/α,β-unsaturated/α-hetero) is 1. The zero-order chi connectivity index (χ0) is 20.4. The monoisotopic (exact) mass is 418 g/mol. The molecule has 2 aromatic carbocycles. The Morgan fingerprint density at radius 2 is 1.29 bits per heavy atom.